The minimum absolute atomic E-state index is 0.118. The maximum Gasteiger partial charge on any atom is 0.338 e. The zero-order valence-electron chi connectivity index (χ0n) is 26.5. The van der Waals surface area contributed by atoms with Gasteiger partial charge in [0.25, 0.3) is 5.56 Å². The van der Waals surface area contributed by atoms with Crippen molar-refractivity contribution in [3.8, 4) is 23.3 Å². The van der Waals surface area contributed by atoms with Gasteiger partial charge < -0.3 is 18.9 Å². The lowest BCUT2D eigenvalue weighted by atomic mass is 9.93. The number of fused-ring (bicyclic) bond motifs is 1. The van der Waals surface area contributed by atoms with E-state index in [4.69, 9.17) is 23.9 Å². The Bertz CT molecular complexity index is 2230. The summed E-state index contributed by atoms with van der Waals surface area (Å²) in [7, 11) is 3.12. The monoisotopic (exact) mass is 657 g/mol. The highest BCUT2D eigenvalue weighted by molar-refractivity contribution is 7.07. The molecule has 1 atom stereocenters. The van der Waals surface area contributed by atoms with Gasteiger partial charge >= 0.3 is 5.97 Å². The summed E-state index contributed by atoms with van der Waals surface area (Å²) in [6.07, 6.45) is 1.74. The Balaban J connectivity index is 1.55. The van der Waals surface area contributed by atoms with Crippen LogP contribution in [-0.4, -0.2) is 31.4 Å². The Morgan fingerprint density at radius 3 is 2.42 bits per heavy atom. The molecule has 1 aromatic heterocycles. The summed E-state index contributed by atoms with van der Waals surface area (Å²) in [5.74, 6) is 0.968. The quantitative estimate of drug-likeness (QED) is 0.185. The number of nitrogens with zero attached hydrogens (tertiary/aromatic N) is 3. The number of thiazole rings is 1. The second kappa shape index (κ2) is 14.2. The van der Waals surface area contributed by atoms with Crippen LogP contribution in [0.15, 0.2) is 112 Å². The van der Waals surface area contributed by atoms with Crippen LogP contribution >= 0.6 is 11.3 Å². The van der Waals surface area contributed by atoms with E-state index in [0.717, 1.165) is 11.1 Å². The molecule has 0 spiro atoms. The molecule has 2 heterocycles. The molecule has 4 aromatic carbocycles. The Labute approximate surface area is 280 Å². The maximum absolute atomic E-state index is 14.4. The summed E-state index contributed by atoms with van der Waals surface area (Å²) in [5, 5.41) is 9.56. The number of hydrogen-bond acceptors (Lipinski definition) is 9. The normalized spacial score (nSPS) is 14.0. The zero-order chi connectivity index (χ0) is 33.6. The predicted octanol–water partition coefficient (Wildman–Crippen LogP) is 5.40. The summed E-state index contributed by atoms with van der Waals surface area (Å²) in [6.45, 7) is 2.01. The van der Waals surface area contributed by atoms with Gasteiger partial charge in [-0.3, -0.25) is 9.36 Å². The van der Waals surface area contributed by atoms with Gasteiger partial charge in [0.05, 0.1) is 54.3 Å². The van der Waals surface area contributed by atoms with E-state index in [1.54, 1.807) is 62.1 Å². The van der Waals surface area contributed by atoms with Crippen molar-refractivity contribution in [2.75, 3.05) is 20.8 Å². The minimum Gasteiger partial charge on any atom is -0.497 e. The van der Waals surface area contributed by atoms with E-state index >= 15 is 0 Å². The summed E-state index contributed by atoms with van der Waals surface area (Å²) in [4.78, 5) is 33.5. The van der Waals surface area contributed by atoms with Gasteiger partial charge in [0, 0.05) is 16.7 Å². The standard InChI is InChI=1S/C38H31N3O6S/c1-4-46-37(43)32-33(24-11-6-5-7-12-24)40-38-41(34(32)25-17-19-29(44-2)20-18-25)36(42)31(48-38)21-26-15-10-16-30(45-3)35(26)47-23-28-14-9-8-13-27(28)22-39/h5-21,34H,4,23H2,1-3H3/b31-21-/t34-/m0/s1. The molecule has 0 N–H and O–H groups in total. The molecule has 1 aliphatic rings. The van der Waals surface area contributed by atoms with Crippen LogP contribution in [0.4, 0.5) is 0 Å². The molecule has 0 saturated heterocycles. The van der Waals surface area contributed by atoms with Gasteiger partial charge in [-0.1, -0.05) is 84.1 Å². The van der Waals surface area contributed by atoms with Gasteiger partial charge in [0.15, 0.2) is 16.3 Å². The topological polar surface area (TPSA) is 112 Å². The smallest absolute Gasteiger partial charge is 0.338 e. The summed E-state index contributed by atoms with van der Waals surface area (Å²) in [5.41, 5.74) is 3.59. The van der Waals surface area contributed by atoms with E-state index < -0.39 is 12.0 Å². The van der Waals surface area contributed by atoms with Crippen LogP contribution in [-0.2, 0) is 16.1 Å². The molecule has 5 aromatic rings. The SMILES string of the molecule is CCOC(=O)C1=C(c2ccccc2)N=c2s/c(=C\c3cccc(OC)c3OCc3ccccc3C#N)c(=O)n2[C@H]1c1ccc(OC)cc1. The average molecular weight is 658 g/mol. The van der Waals surface area contributed by atoms with Crippen LogP contribution < -0.4 is 29.1 Å². The second-order valence-corrected chi connectivity index (χ2v) is 11.7. The van der Waals surface area contributed by atoms with Crippen LogP contribution in [0.2, 0.25) is 0 Å². The highest BCUT2D eigenvalue weighted by atomic mass is 32.1. The van der Waals surface area contributed by atoms with Crippen LogP contribution in [0.5, 0.6) is 17.2 Å². The number of hydrogen-bond donors (Lipinski definition) is 0. The largest absolute Gasteiger partial charge is 0.497 e. The molecule has 10 heteroatoms. The zero-order valence-corrected chi connectivity index (χ0v) is 27.3. The maximum atomic E-state index is 14.4. The van der Waals surface area contributed by atoms with Gasteiger partial charge in [0.1, 0.15) is 12.4 Å². The molecule has 1 aliphatic heterocycles. The van der Waals surface area contributed by atoms with Crippen molar-refractivity contribution < 1.29 is 23.7 Å². The fraction of sp³-hybridized carbons (Fsp3) is 0.158. The van der Waals surface area contributed by atoms with E-state index in [1.165, 1.54) is 11.3 Å². The van der Waals surface area contributed by atoms with Crippen molar-refractivity contribution in [2.45, 2.75) is 19.6 Å². The lowest BCUT2D eigenvalue weighted by molar-refractivity contribution is -0.138. The van der Waals surface area contributed by atoms with Gasteiger partial charge in [-0.05, 0) is 42.8 Å². The fourth-order valence-corrected chi connectivity index (χ4v) is 6.54. The first-order chi connectivity index (χ1) is 23.5. The highest BCUT2D eigenvalue weighted by Gasteiger charge is 2.35. The third kappa shape index (κ3) is 6.24. The van der Waals surface area contributed by atoms with Crippen LogP contribution in [0.25, 0.3) is 11.8 Å². The minimum atomic E-state index is -0.827. The molecule has 240 valence electrons. The summed E-state index contributed by atoms with van der Waals surface area (Å²) >= 11 is 1.21. The number of benzene rings is 4. The van der Waals surface area contributed by atoms with E-state index in [0.29, 0.717) is 49.0 Å². The summed E-state index contributed by atoms with van der Waals surface area (Å²) in [6, 6.07) is 30.6. The number of rotatable bonds is 10. The lowest BCUT2D eigenvalue weighted by Crippen LogP contribution is -2.40. The number of ether oxygens (including phenoxy) is 4. The first-order valence-electron chi connectivity index (χ1n) is 15.2. The van der Waals surface area contributed by atoms with E-state index in [2.05, 4.69) is 6.07 Å². The third-order valence-corrected chi connectivity index (χ3v) is 8.81. The number of aromatic nitrogens is 1. The number of para-hydroxylation sites is 1. The number of esters is 1. The molecule has 0 fully saturated rings. The van der Waals surface area contributed by atoms with Crippen LogP contribution in [0.1, 0.15) is 40.8 Å². The first-order valence-corrected chi connectivity index (χ1v) is 16.0. The lowest BCUT2D eigenvalue weighted by Gasteiger charge is -2.26. The molecule has 0 radical (unpaired) electrons. The van der Waals surface area contributed by atoms with Crippen LogP contribution in [0, 0.1) is 11.3 Å². The summed E-state index contributed by atoms with van der Waals surface area (Å²) < 4.78 is 24.7. The van der Waals surface area contributed by atoms with Crippen molar-refractivity contribution in [1.82, 2.24) is 4.57 Å². The Kier molecular flexibility index (Phi) is 9.50. The van der Waals surface area contributed by atoms with Crippen molar-refractivity contribution >= 4 is 29.1 Å². The number of nitriles is 1. The van der Waals surface area contributed by atoms with E-state index in [1.807, 2.05) is 66.7 Å². The van der Waals surface area contributed by atoms with Gasteiger partial charge in [-0.25, -0.2) is 9.79 Å². The van der Waals surface area contributed by atoms with Gasteiger partial charge in [-0.15, -0.1) is 0 Å². The molecule has 9 nitrogen and oxygen atoms in total. The molecule has 0 bridgehead atoms. The molecule has 6 rings (SSSR count). The molecule has 0 saturated carbocycles. The third-order valence-electron chi connectivity index (χ3n) is 7.83. The number of methoxy groups -OCH3 is 2. The molecule has 0 aliphatic carbocycles. The number of carbonyl (C=O) groups is 1. The molecular weight excluding hydrogens is 627 g/mol. The molecule has 48 heavy (non-hydrogen) atoms. The van der Waals surface area contributed by atoms with Crippen molar-refractivity contribution in [1.29, 1.82) is 5.26 Å². The van der Waals surface area contributed by atoms with E-state index in [9.17, 15) is 14.9 Å². The molecule has 0 unspecified atom stereocenters. The van der Waals surface area contributed by atoms with E-state index in [-0.39, 0.29) is 24.3 Å². The predicted molar refractivity (Wildman–Crippen MR) is 183 cm³/mol. The second-order valence-electron chi connectivity index (χ2n) is 10.6. The molecule has 0 amide bonds. The first kappa shape index (κ1) is 32.0. The Morgan fingerprint density at radius 2 is 1.71 bits per heavy atom. The van der Waals surface area contributed by atoms with Crippen molar-refractivity contribution in [3.05, 3.63) is 150 Å². The molecular formula is C38H31N3O6S. The average Bonchev–Trinajstić information content (AvgIpc) is 3.44. The van der Waals surface area contributed by atoms with Gasteiger partial charge in [-0.2, -0.15) is 5.26 Å². The fourth-order valence-electron chi connectivity index (χ4n) is 5.55. The van der Waals surface area contributed by atoms with Crippen molar-refractivity contribution in [3.63, 3.8) is 0 Å². The van der Waals surface area contributed by atoms with Gasteiger partial charge in [0.2, 0.25) is 0 Å². The van der Waals surface area contributed by atoms with Crippen molar-refractivity contribution in [2.24, 2.45) is 4.99 Å². The van der Waals surface area contributed by atoms with Crippen LogP contribution in [0.3, 0.4) is 0 Å². The number of carbonyl (C=O) groups excluding carboxylic acids is 1. The Hall–Kier alpha value is -5.92. The Morgan fingerprint density at radius 1 is 0.958 bits per heavy atom. The highest BCUT2D eigenvalue weighted by Crippen LogP contribution is 2.36.